The molecule has 21 heavy (non-hydrogen) atoms. The summed E-state index contributed by atoms with van der Waals surface area (Å²) < 4.78 is 0. The lowest BCUT2D eigenvalue weighted by Crippen LogP contribution is -2.36. The Bertz CT molecular complexity index is 505. The first kappa shape index (κ1) is 15.9. The minimum atomic E-state index is -0.249. The molecule has 1 aromatic heterocycles. The van der Waals surface area contributed by atoms with Crippen molar-refractivity contribution in [1.82, 2.24) is 5.32 Å². The molecule has 1 amide bonds. The predicted molar refractivity (Wildman–Crippen MR) is 87.9 cm³/mol. The van der Waals surface area contributed by atoms with E-state index in [4.69, 9.17) is 5.73 Å². The van der Waals surface area contributed by atoms with Crippen molar-refractivity contribution in [1.29, 1.82) is 0 Å². The van der Waals surface area contributed by atoms with Crippen LogP contribution in [-0.2, 0) is 0 Å². The fourth-order valence-corrected chi connectivity index (χ4v) is 3.62. The highest BCUT2D eigenvalue weighted by Crippen LogP contribution is 2.34. The lowest BCUT2D eigenvalue weighted by Gasteiger charge is -2.33. The molecule has 2 rings (SSSR count). The van der Waals surface area contributed by atoms with Crippen LogP contribution in [0.4, 0.5) is 10.7 Å². The Morgan fingerprint density at radius 3 is 2.90 bits per heavy atom. The second kappa shape index (κ2) is 6.95. The molecule has 1 saturated heterocycles. The molecule has 116 valence electrons. The predicted octanol–water partition coefficient (Wildman–Crippen LogP) is 1.84. The summed E-state index contributed by atoms with van der Waals surface area (Å²) in [6.45, 7) is 7.65. The smallest absolute Gasteiger partial charge is 0.263 e. The van der Waals surface area contributed by atoms with Gasteiger partial charge in [-0.15, -0.1) is 17.9 Å². The molecule has 0 spiro atoms. The first-order valence-corrected chi connectivity index (χ1v) is 8.06. The summed E-state index contributed by atoms with van der Waals surface area (Å²) >= 11 is 1.43. The monoisotopic (exact) mass is 309 g/mol. The van der Waals surface area contributed by atoms with Gasteiger partial charge in [0.15, 0.2) is 0 Å². The molecule has 0 bridgehead atoms. The normalized spacial score (nSPS) is 17.5. The van der Waals surface area contributed by atoms with Crippen LogP contribution in [0, 0.1) is 5.92 Å². The highest BCUT2D eigenvalue weighted by atomic mass is 32.1. The number of hydrogen-bond acceptors (Lipinski definition) is 5. The van der Waals surface area contributed by atoms with E-state index in [9.17, 15) is 9.90 Å². The van der Waals surface area contributed by atoms with Crippen LogP contribution < -0.4 is 16.0 Å². The Kier molecular flexibility index (Phi) is 5.25. The van der Waals surface area contributed by atoms with E-state index in [0.29, 0.717) is 23.0 Å². The minimum Gasteiger partial charge on any atom is -0.397 e. The summed E-state index contributed by atoms with van der Waals surface area (Å²) in [7, 11) is 0. The van der Waals surface area contributed by atoms with Gasteiger partial charge in [-0.1, -0.05) is 6.08 Å². The van der Waals surface area contributed by atoms with Crippen molar-refractivity contribution in [3.8, 4) is 0 Å². The first-order chi connectivity index (χ1) is 10.0. The molecule has 1 aliphatic rings. The molecule has 1 aromatic rings. The van der Waals surface area contributed by atoms with Crippen LogP contribution in [-0.4, -0.2) is 36.8 Å². The number of thiophene rings is 1. The molecule has 1 aliphatic heterocycles. The summed E-state index contributed by atoms with van der Waals surface area (Å²) in [5.74, 6) is 0.219. The highest BCUT2D eigenvalue weighted by Gasteiger charge is 2.25. The summed E-state index contributed by atoms with van der Waals surface area (Å²) in [5, 5.41) is 13.4. The van der Waals surface area contributed by atoms with E-state index >= 15 is 0 Å². The first-order valence-electron chi connectivity index (χ1n) is 7.24. The number of rotatable bonds is 5. The third-order valence-corrected chi connectivity index (χ3v) is 5.10. The number of carbonyl (C=O) groups is 1. The van der Waals surface area contributed by atoms with Gasteiger partial charge in [-0.25, -0.2) is 0 Å². The van der Waals surface area contributed by atoms with Crippen molar-refractivity contribution in [2.75, 3.05) is 30.3 Å². The van der Waals surface area contributed by atoms with E-state index in [2.05, 4.69) is 16.8 Å². The third-order valence-electron chi connectivity index (χ3n) is 3.89. The standard InChI is InChI=1S/C15H23N3O2S/c1-3-6-17-15(20)14-12(16)9-13(21-14)18-7-4-11(5-8-18)10(2)19/h3,9-11,19H,1,4-8,16H2,2H3,(H,17,20). The molecular weight excluding hydrogens is 286 g/mol. The molecule has 2 heterocycles. The number of amides is 1. The van der Waals surface area contributed by atoms with Gasteiger partial charge >= 0.3 is 0 Å². The SMILES string of the molecule is C=CCNC(=O)c1sc(N2CCC(C(C)O)CC2)cc1N. The molecule has 1 unspecified atom stereocenters. The van der Waals surface area contributed by atoms with Crippen LogP contribution in [0.2, 0.25) is 0 Å². The number of nitrogens with two attached hydrogens (primary N) is 1. The van der Waals surface area contributed by atoms with Crippen molar-refractivity contribution in [3.05, 3.63) is 23.6 Å². The van der Waals surface area contributed by atoms with Gasteiger partial charge in [-0.2, -0.15) is 0 Å². The maximum Gasteiger partial charge on any atom is 0.263 e. The summed E-state index contributed by atoms with van der Waals surface area (Å²) in [4.78, 5) is 14.8. The molecule has 5 nitrogen and oxygen atoms in total. The van der Waals surface area contributed by atoms with Gasteiger partial charge in [-0.05, 0) is 31.7 Å². The number of piperidine rings is 1. The lowest BCUT2D eigenvalue weighted by molar-refractivity contribution is 0.0962. The largest absolute Gasteiger partial charge is 0.397 e. The van der Waals surface area contributed by atoms with Crippen molar-refractivity contribution in [2.45, 2.75) is 25.9 Å². The van der Waals surface area contributed by atoms with Crippen LogP contribution in [0.3, 0.4) is 0 Å². The second-order valence-electron chi connectivity index (χ2n) is 5.43. The zero-order valence-corrected chi connectivity index (χ0v) is 13.2. The van der Waals surface area contributed by atoms with Crippen molar-refractivity contribution in [3.63, 3.8) is 0 Å². The van der Waals surface area contributed by atoms with Crippen LogP contribution in [0.5, 0.6) is 0 Å². The van der Waals surface area contributed by atoms with Crippen LogP contribution >= 0.6 is 11.3 Å². The Labute approximate surface area is 129 Å². The fourth-order valence-electron chi connectivity index (χ4n) is 2.57. The van der Waals surface area contributed by atoms with E-state index in [1.807, 2.05) is 13.0 Å². The molecule has 0 radical (unpaired) electrons. The van der Waals surface area contributed by atoms with Crippen molar-refractivity contribution >= 4 is 27.9 Å². The van der Waals surface area contributed by atoms with E-state index in [1.54, 1.807) is 6.08 Å². The summed E-state index contributed by atoms with van der Waals surface area (Å²) in [6, 6.07) is 1.87. The zero-order chi connectivity index (χ0) is 15.4. The van der Waals surface area contributed by atoms with Gasteiger partial charge < -0.3 is 21.1 Å². The molecule has 1 atom stereocenters. The number of nitrogens with zero attached hydrogens (tertiary/aromatic N) is 1. The van der Waals surface area contributed by atoms with Gasteiger partial charge in [0.05, 0.1) is 16.8 Å². The fraction of sp³-hybridized carbons (Fsp3) is 0.533. The van der Waals surface area contributed by atoms with Gasteiger partial charge in [0.25, 0.3) is 5.91 Å². The Hall–Kier alpha value is -1.53. The lowest BCUT2D eigenvalue weighted by atomic mass is 9.92. The second-order valence-corrected chi connectivity index (χ2v) is 6.46. The van der Waals surface area contributed by atoms with Gasteiger partial charge in [0.1, 0.15) is 4.88 Å². The van der Waals surface area contributed by atoms with Crippen molar-refractivity contribution < 1.29 is 9.90 Å². The Balaban J connectivity index is 2.02. The van der Waals surface area contributed by atoms with Crippen LogP contribution in [0.25, 0.3) is 0 Å². The van der Waals surface area contributed by atoms with Gasteiger partial charge in [0, 0.05) is 19.6 Å². The minimum absolute atomic E-state index is 0.150. The molecule has 1 fully saturated rings. The molecule has 0 aliphatic carbocycles. The average Bonchev–Trinajstić information content (AvgIpc) is 2.87. The number of carbonyl (C=O) groups excluding carboxylic acids is 1. The van der Waals surface area contributed by atoms with Gasteiger partial charge in [0.2, 0.25) is 0 Å². The number of nitrogen functional groups attached to an aromatic ring is 1. The van der Waals surface area contributed by atoms with Gasteiger partial charge in [-0.3, -0.25) is 4.79 Å². The maximum absolute atomic E-state index is 12.0. The maximum atomic E-state index is 12.0. The molecule has 6 heteroatoms. The highest BCUT2D eigenvalue weighted by molar-refractivity contribution is 7.18. The van der Waals surface area contributed by atoms with E-state index in [0.717, 1.165) is 30.9 Å². The van der Waals surface area contributed by atoms with E-state index in [1.165, 1.54) is 11.3 Å². The molecular formula is C15H23N3O2S. The Morgan fingerprint density at radius 1 is 1.67 bits per heavy atom. The quantitative estimate of drug-likeness (QED) is 0.725. The number of aliphatic hydroxyl groups excluding tert-OH is 1. The van der Waals surface area contributed by atoms with Crippen LogP contribution in [0.1, 0.15) is 29.4 Å². The molecule has 0 saturated carbocycles. The number of anilines is 2. The topological polar surface area (TPSA) is 78.6 Å². The molecule has 0 aromatic carbocycles. The number of nitrogens with one attached hydrogen (secondary N) is 1. The van der Waals surface area contributed by atoms with Crippen LogP contribution in [0.15, 0.2) is 18.7 Å². The summed E-state index contributed by atoms with van der Waals surface area (Å²) in [6.07, 6.45) is 3.32. The number of aliphatic hydroxyl groups is 1. The van der Waals surface area contributed by atoms with E-state index in [-0.39, 0.29) is 12.0 Å². The van der Waals surface area contributed by atoms with E-state index < -0.39 is 0 Å². The third kappa shape index (κ3) is 3.77. The molecule has 4 N–H and O–H groups in total. The number of hydrogen-bond donors (Lipinski definition) is 3. The zero-order valence-electron chi connectivity index (χ0n) is 12.3. The van der Waals surface area contributed by atoms with Crippen molar-refractivity contribution in [2.24, 2.45) is 5.92 Å². The Morgan fingerprint density at radius 2 is 2.33 bits per heavy atom. The average molecular weight is 309 g/mol. The summed E-state index contributed by atoms with van der Waals surface area (Å²) in [5.41, 5.74) is 6.48.